The van der Waals surface area contributed by atoms with Gasteiger partial charge < -0.3 is 20.1 Å². The lowest BCUT2D eigenvalue weighted by Gasteiger charge is -2.08. The second-order valence-electron chi connectivity index (χ2n) is 5.81. The summed E-state index contributed by atoms with van der Waals surface area (Å²) < 4.78 is 9.98. The van der Waals surface area contributed by atoms with Crippen LogP contribution in [0.1, 0.15) is 42.9 Å². The Morgan fingerprint density at radius 1 is 1.10 bits per heavy atom. The summed E-state index contributed by atoms with van der Waals surface area (Å²) >= 11 is 12.7. The van der Waals surface area contributed by atoms with Crippen LogP contribution in [0.2, 0.25) is 10.0 Å². The van der Waals surface area contributed by atoms with Crippen molar-refractivity contribution >= 4 is 63.3 Å². The van der Waals surface area contributed by atoms with Gasteiger partial charge in [-0.2, -0.15) is 0 Å². The maximum absolute atomic E-state index is 12.3. The van der Waals surface area contributed by atoms with E-state index in [9.17, 15) is 19.2 Å². The zero-order valence-electron chi connectivity index (χ0n) is 16.3. The van der Waals surface area contributed by atoms with Crippen LogP contribution < -0.4 is 10.6 Å². The number of ether oxygens (including phenoxy) is 2. The number of hydrogen-bond donors (Lipinski definition) is 2. The summed E-state index contributed by atoms with van der Waals surface area (Å²) in [5.41, 5.74) is 0.451. The van der Waals surface area contributed by atoms with E-state index in [0.29, 0.717) is 5.56 Å². The van der Waals surface area contributed by atoms with E-state index in [0.717, 1.165) is 11.3 Å². The van der Waals surface area contributed by atoms with Crippen LogP contribution >= 0.6 is 34.5 Å². The predicted molar refractivity (Wildman–Crippen MR) is 114 cm³/mol. The molecule has 2 aromatic rings. The van der Waals surface area contributed by atoms with Gasteiger partial charge in [-0.05, 0) is 37.6 Å². The molecule has 0 aliphatic carbocycles. The average Bonchev–Trinajstić information content (AvgIpc) is 3.03. The lowest BCUT2D eigenvalue weighted by molar-refractivity contribution is -0.119. The number of esters is 2. The van der Waals surface area contributed by atoms with Gasteiger partial charge in [0.2, 0.25) is 0 Å². The van der Waals surface area contributed by atoms with Crippen LogP contribution in [0.15, 0.2) is 18.2 Å². The Labute approximate surface area is 186 Å². The number of nitrogens with one attached hydrogen (secondary N) is 2. The fourth-order valence-corrected chi connectivity index (χ4v) is 3.93. The van der Waals surface area contributed by atoms with Gasteiger partial charge in [0.25, 0.3) is 11.8 Å². The summed E-state index contributed by atoms with van der Waals surface area (Å²) in [4.78, 5) is 49.0. The first-order chi connectivity index (χ1) is 14.2. The lowest BCUT2D eigenvalue weighted by atomic mass is 10.1. The standard InChI is InChI=1S/C19H18Cl2N2O6S/c1-4-28-19(27)14-9(2)15(16(25)22-3)30-17(14)23-13(24)8-29-18(26)11-7-10(20)5-6-12(11)21/h5-7H,4,8H2,1-3H3,(H,22,25)(H,23,24). The zero-order valence-corrected chi connectivity index (χ0v) is 18.6. The molecule has 0 unspecified atom stereocenters. The van der Waals surface area contributed by atoms with Gasteiger partial charge in [-0.25, -0.2) is 9.59 Å². The number of amides is 2. The van der Waals surface area contributed by atoms with Crippen molar-refractivity contribution in [1.82, 2.24) is 5.32 Å². The van der Waals surface area contributed by atoms with Gasteiger partial charge in [-0.15, -0.1) is 11.3 Å². The minimum atomic E-state index is -0.836. The van der Waals surface area contributed by atoms with E-state index >= 15 is 0 Å². The molecule has 160 valence electrons. The maximum atomic E-state index is 12.3. The molecule has 1 heterocycles. The van der Waals surface area contributed by atoms with E-state index in [1.54, 1.807) is 13.8 Å². The van der Waals surface area contributed by atoms with E-state index in [-0.39, 0.29) is 37.7 Å². The van der Waals surface area contributed by atoms with E-state index < -0.39 is 30.4 Å². The predicted octanol–water partition coefficient (Wildman–Crippen LogP) is 3.70. The molecule has 8 nitrogen and oxygen atoms in total. The number of carbonyl (C=O) groups excluding carboxylic acids is 4. The van der Waals surface area contributed by atoms with E-state index in [1.165, 1.54) is 25.2 Å². The third-order valence-electron chi connectivity index (χ3n) is 3.80. The summed E-state index contributed by atoms with van der Waals surface area (Å²) in [5.74, 6) is -2.64. The highest BCUT2D eigenvalue weighted by molar-refractivity contribution is 7.18. The number of thiophene rings is 1. The normalized spacial score (nSPS) is 10.3. The Hall–Kier alpha value is -2.62. The number of benzene rings is 1. The molecule has 0 aliphatic rings. The molecule has 0 bridgehead atoms. The largest absolute Gasteiger partial charge is 0.462 e. The van der Waals surface area contributed by atoms with Crippen LogP contribution in [0.25, 0.3) is 0 Å². The highest BCUT2D eigenvalue weighted by Gasteiger charge is 2.26. The second kappa shape index (κ2) is 10.4. The molecular formula is C19H18Cl2N2O6S. The summed E-state index contributed by atoms with van der Waals surface area (Å²) in [6.07, 6.45) is 0. The summed E-state index contributed by atoms with van der Waals surface area (Å²) in [7, 11) is 1.45. The van der Waals surface area contributed by atoms with Gasteiger partial charge in [-0.1, -0.05) is 23.2 Å². The Morgan fingerprint density at radius 3 is 2.43 bits per heavy atom. The average molecular weight is 473 g/mol. The molecule has 0 atom stereocenters. The molecule has 0 saturated carbocycles. The first-order valence-electron chi connectivity index (χ1n) is 8.64. The molecule has 2 amide bonds. The number of carbonyl (C=O) groups is 4. The van der Waals surface area contributed by atoms with Gasteiger partial charge >= 0.3 is 11.9 Å². The highest BCUT2D eigenvalue weighted by atomic mass is 35.5. The smallest absolute Gasteiger partial charge is 0.341 e. The van der Waals surface area contributed by atoms with Crippen molar-refractivity contribution in [2.45, 2.75) is 13.8 Å². The Morgan fingerprint density at radius 2 is 1.80 bits per heavy atom. The Balaban J connectivity index is 2.17. The molecule has 0 spiro atoms. The molecule has 0 fully saturated rings. The fourth-order valence-electron chi connectivity index (χ4n) is 2.41. The van der Waals surface area contributed by atoms with Crippen LogP contribution in [0.4, 0.5) is 5.00 Å². The molecule has 0 aliphatic heterocycles. The van der Waals surface area contributed by atoms with Crippen molar-refractivity contribution in [3.63, 3.8) is 0 Å². The van der Waals surface area contributed by atoms with Crippen molar-refractivity contribution in [2.75, 3.05) is 25.6 Å². The number of anilines is 1. The van der Waals surface area contributed by atoms with Crippen LogP contribution in [-0.2, 0) is 14.3 Å². The van der Waals surface area contributed by atoms with E-state index in [4.69, 9.17) is 32.7 Å². The molecular weight excluding hydrogens is 455 g/mol. The molecule has 11 heteroatoms. The maximum Gasteiger partial charge on any atom is 0.341 e. The van der Waals surface area contributed by atoms with Gasteiger partial charge in [-0.3, -0.25) is 9.59 Å². The van der Waals surface area contributed by atoms with Gasteiger partial charge in [0.05, 0.1) is 27.6 Å². The first kappa shape index (κ1) is 23.7. The zero-order chi connectivity index (χ0) is 22.4. The molecule has 0 radical (unpaired) electrons. The third kappa shape index (κ3) is 5.50. The SMILES string of the molecule is CCOC(=O)c1c(NC(=O)COC(=O)c2cc(Cl)ccc2Cl)sc(C(=O)NC)c1C. The molecule has 1 aromatic heterocycles. The summed E-state index contributed by atoms with van der Waals surface area (Å²) in [5, 5.41) is 5.48. The van der Waals surface area contributed by atoms with Gasteiger partial charge in [0.1, 0.15) is 5.00 Å². The quantitative estimate of drug-likeness (QED) is 0.594. The number of halogens is 2. The minimum absolute atomic E-state index is 0.0121. The number of hydrogen-bond acceptors (Lipinski definition) is 7. The molecule has 2 N–H and O–H groups in total. The Kier molecular flexibility index (Phi) is 8.22. The van der Waals surface area contributed by atoms with Crippen LogP contribution in [-0.4, -0.2) is 44.0 Å². The molecule has 0 saturated heterocycles. The van der Waals surface area contributed by atoms with Gasteiger partial charge in [0, 0.05) is 12.1 Å². The molecule has 30 heavy (non-hydrogen) atoms. The molecule has 1 aromatic carbocycles. The topological polar surface area (TPSA) is 111 Å². The second-order valence-corrected chi connectivity index (χ2v) is 7.67. The lowest BCUT2D eigenvalue weighted by Crippen LogP contribution is -2.22. The highest BCUT2D eigenvalue weighted by Crippen LogP contribution is 2.33. The summed E-state index contributed by atoms with van der Waals surface area (Å²) in [6.45, 7) is 2.69. The van der Waals surface area contributed by atoms with E-state index in [1.807, 2.05) is 0 Å². The number of rotatable bonds is 7. The first-order valence-corrected chi connectivity index (χ1v) is 10.2. The van der Waals surface area contributed by atoms with Crippen LogP contribution in [0.5, 0.6) is 0 Å². The monoisotopic (exact) mass is 472 g/mol. The van der Waals surface area contributed by atoms with Gasteiger partial charge in [0.15, 0.2) is 6.61 Å². The molecule has 2 rings (SSSR count). The van der Waals surface area contributed by atoms with Crippen molar-refractivity contribution in [2.24, 2.45) is 0 Å². The summed E-state index contributed by atoms with van der Waals surface area (Å²) in [6, 6.07) is 4.26. The van der Waals surface area contributed by atoms with Crippen LogP contribution in [0.3, 0.4) is 0 Å². The minimum Gasteiger partial charge on any atom is -0.462 e. The Bertz CT molecular complexity index is 1010. The van der Waals surface area contributed by atoms with Crippen molar-refractivity contribution in [1.29, 1.82) is 0 Å². The van der Waals surface area contributed by atoms with Crippen molar-refractivity contribution in [3.8, 4) is 0 Å². The van der Waals surface area contributed by atoms with E-state index in [2.05, 4.69) is 10.6 Å². The van der Waals surface area contributed by atoms with Crippen LogP contribution in [0, 0.1) is 6.92 Å². The van der Waals surface area contributed by atoms with Crippen molar-refractivity contribution < 1.29 is 28.7 Å². The fraction of sp³-hybridized carbons (Fsp3) is 0.263. The third-order valence-corrected chi connectivity index (χ3v) is 5.57. The van der Waals surface area contributed by atoms with Crippen molar-refractivity contribution in [3.05, 3.63) is 49.8 Å².